The summed E-state index contributed by atoms with van der Waals surface area (Å²) in [5.41, 5.74) is 2.60. The van der Waals surface area contributed by atoms with Gasteiger partial charge in [-0.05, 0) is 29.2 Å². The van der Waals surface area contributed by atoms with Crippen LogP contribution in [0.4, 0.5) is 0 Å². The molecule has 0 bridgehead atoms. The minimum atomic E-state index is 0.152. The maximum absolute atomic E-state index is 5.78. The molecule has 1 aromatic heterocycles. The molecule has 0 spiro atoms. The zero-order valence-corrected chi connectivity index (χ0v) is 12.5. The van der Waals surface area contributed by atoms with E-state index in [9.17, 15) is 0 Å². The number of ether oxygens (including phenoxy) is 1. The van der Waals surface area contributed by atoms with Gasteiger partial charge in [-0.2, -0.15) is 0 Å². The van der Waals surface area contributed by atoms with Crippen LogP contribution in [0.3, 0.4) is 0 Å². The average molecular weight is 273 g/mol. The lowest BCUT2D eigenvalue weighted by atomic mass is 9.87. The van der Waals surface area contributed by atoms with Crippen molar-refractivity contribution in [2.45, 2.75) is 32.7 Å². The third kappa shape index (κ3) is 4.42. The highest BCUT2D eigenvalue weighted by molar-refractivity contribution is 5.32. The van der Waals surface area contributed by atoms with E-state index in [1.54, 1.807) is 12.5 Å². The van der Waals surface area contributed by atoms with Crippen LogP contribution < -0.4 is 10.1 Å². The first kappa shape index (κ1) is 14.7. The van der Waals surface area contributed by atoms with E-state index in [2.05, 4.69) is 44.3 Å². The number of nitrogens with one attached hydrogen (secondary N) is 1. The van der Waals surface area contributed by atoms with Gasteiger partial charge in [-0.3, -0.25) is 0 Å². The van der Waals surface area contributed by atoms with Crippen LogP contribution >= 0.6 is 0 Å². The summed E-state index contributed by atoms with van der Waals surface area (Å²) in [5.74, 6) is 0.933. The summed E-state index contributed by atoms with van der Waals surface area (Å²) in [5, 5.41) is 3.32. The molecule has 2 aromatic rings. The van der Waals surface area contributed by atoms with Crippen molar-refractivity contribution in [1.82, 2.24) is 5.32 Å². The molecule has 3 heteroatoms. The topological polar surface area (TPSA) is 34.4 Å². The second-order valence-corrected chi connectivity index (χ2v) is 5.93. The molecule has 0 saturated heterocycles. The van der Waals surface area contributed by atoms with E-state index < -0.39 is 0 Å². The lowest BCUT2D eigenvalue weighted by Gasteiger charge is -2.19. The Kier molecular flexibility index (Phi) is 4.85. The minimum Gasteiger partial charge on any atom is -0.492 e. The number of rotatable bonds is 6. The van der Waals surface area contributed by atoms with Crippen molar-refractivity contribution in [2.24, 2.45) is 0 Å². The van der Waals surface area contributed by atoms with Crippen LogP contribution in [0.1, 0.15) is 31.9 Å². The van der Waals surface area contributed by atoms with E-state index in [0.29, 0.717) is 6.61 Å². The summed E-state index contributed by atoms with van der Waals surface area (Å²) in [6, 6.07) is 10.3. The Bertz CT molecular complexity index is 512. The molecule has 20 heavy (non-hydrogen) atoms. The molecule has 108 valence electrons. The normalized spacial score (nSPS) is 11.6. The second-order valence-electron chi connectivity index (χ2n) is 5.93. The summed E-state index contributed by atoms with van der Waals surface area (Å²) in [4.78, 5) is 0. The zero-order valence-electron chi connectivity index (χ0n) is 12.5. The van der Waals surface area contributed by atoms with E-state index in [4.69, 9.17) is 9.15 Å². The number of hydrogen-bond donors (Lipinski definition) is 1. The van der Waals surface area contributed by atoms with Crippen molar-refractivity contribution in [3.8, 4) is 5.75 Å². The maximum atomic E-state index is 5.78. The molecule has 3 nitrogen and oxygen atoms in total. The van der Waals surface area contributed by atoms with Gasteiger partial charge >= 0.3 is 0 Å². The van der Waals surface area contributed by atoms with Gasteiger partial charge in [0, 0.05) is 18.7 Å². The Morgan fingerprint density at radius 3 is 2.75 bits per heavy atom. The summed E-state index contributed by atoms with van der Waals surface area (Å²) >= 11 is 0. The third-order valence-corrected chi connectivity index (χ3v) is 3.16. The highest BCUT2D eigenvalue weighted by Crippen LogP contribution is 2.25. The van der Waals surface area contributed by atoms with E-state index >= 15 is 0 Å². The fourth-order valence-corrected chi connectivity index (χ4v) is 1.92. The SMILES string of the molecule is CC(C)(C)c1cccc(OCCNCc2ccoc2)c1. The van der Waals surface area contributed by atoms with Crippen LogP contribution in [0.2, 0.25) is 0 Å². The van der Waals surface area contributed by atoms with Crippen molar-refractivity contribution in [3.05, 3.63) is 54.0 Å². The van der Waals surface area contributed by atoms with Crippen molar-refractivity contribution in [1.29, 1.82) is 0 Å². The third-order valence-electron chi connectivity index (χ3n) is 3.16. The molecule has 1 aromatic carbocycles. The number of hydrogen-bond acceptors (Lipinski definition) is 3. The highest BCUT2D eigenvalue weighted by Gasteiger charge is 2.13. The first-order valence-electron chi connectivity index (χ1n) is 7.01. The van der Waals surface area contributed by atoms with Crippen LogP contribution in [0.5, 0.6) is 5.75 Å². The predicted molar refractivity (Wildman–Crippen MR) is 81.1 cm³/mol. The molecule has 2 rings (SSSR count). The minimum absolute atomic E-state index is 0.152. The Morgan fingerprint density at radius 2 is 2.05 bits per heavy atom. The second kappa shape index (κ2) is 6.62. The number of furan rings is 1. The van der Waals surface area contributed by atoms with Gasteiger partial charge < -0.3 is 14.5 Å². The quantitative estimate of drug-likeness (QED) is 0.814. The summed E-state index contributed by atoms with van der Waals surface area (Å²) < 4.78 is 10.8. The van der Waals surface area contributed by atoms with E-state index in [0.717, 1.165) is 24.4 Å². The molecule has 0 aliphatic rings. The van der Waals surface area contributed by atoms with Crippen molar-refractivity contribution in [2.75, 3.05) is 13.2 Å². The predicted octanol–water partition coefficient (Wildman–Crippen LogP) is 3.75. The summed E-state index contributed by atoms with van der Waals surface area (Å²) in [7, 11) is 0. The molecule has 0 radical (unpaired) electrons. The van der Waals surface area contributed by atoms with Crippen molar-refractivity contribution >= 4 is 0 Å². The van der Waals surface area contributed by atoms with Crippen molar-refractivity contribution in [3.63, 3.8) is 0 Å². The van der Waals surface area contributed by atoms with Gasteiger partial charge in [0.15, 0.2) is 0 Å². The first-order chi connectivity index (χ1) is 9.55. The molecular formula is C17H23NO2. The molecule has 0 atom stereocenters. The molecule has 0 amide bonds. The molecule has 1 N–H and O–H groups in total. The first-order valence-corrected chi connectivity index (χ1v) is 7.01. The smallest absolute Gasteiger partial charge is 0.119 e. The highest BCUT2D eigenvalue weighted by atomic mass is 16.5. The van der Waals surface area contributed by atoms with Crippen LogP contribution in [-0.2, 0) is 12.0 Å². The molecule has 0 fully saturated rings. The summed E-state index contributed by atoms with van der Waals surface area (Å²) in [6.07, 6.45) is 3.44. The number of benzene rings is 1. The largest absolute Gasteiger partial charge is 0.492 e. The Hall–Kier alpha value is -1.74. The fraction of sp³-hybridized carbons (Fsp3) is 0.412. The zero-order chi connectivity index (χ0) is 14.4. The fourth-order valence-electron chi connectivity index (χ4n) is 1.92. The van der Waals surface area contributed by atoms with Gasteiger partial charge in [-0.25, -0.2) is 0 Å². The standard InChI is InChI=1S/C17H23NO2/c1-17(2,3)15-5-4-6-16(11-15)20-10-8-18-12-14-7-9-19-13-14/h4-7,9,11,13,18H,8,10,12H2,1-3H3. The van der Waals surface area contributed by atoms with Crippen LogP contribution in [0, 0.1) is 0 Å². The van der Waals surface area contributed by atoms with Crippen LogP contribution in [0.15, 0.2) is 47.3 Å². The molecule has 0 aliphatic carbocycles. The van der Waals surface area contributed by atoms with Crippen molar-refractivity contribution < 1.29 is 9.15 Å². The Morgan fingerprint density at radius 1 is 1.20 bits per heavy atom. The Balaban J connectivity index is 1.74. The summed E-state index contributed by atoms with van der Waals surface area (Å²) in [6.45, 7) is 8.90. The van der Waals surface area contributed by atoms with Gasteiger partial charge in [0.2, 0.25) is 0 Å². The van der Waals surface area contributed by atoms with Crippen LogP contribution in [-0.4, -0.2) is 13.2 Å². The van der Waals surface area contributed by atoms with Gasteiger partial charge in [0.05, 0.1) is 12.5 Å². The lowest BCUT2D eigenvalue weighted by Crippen LogP contribution is -2.20. The van der Waals surface area contributed by atoms with Gasteiger partial charge in [0.25, 0.3) is 0 Å². The van der Waals surface area contributed by atoms with E-state index in [1.807, 2.05) is 12.1 Å². The van der Waals surface area contributed by atoms with Gasteiger partial charge in [-0.15, -0.1) is 0 Å². The van der Waals surface area contributed by atoms with E-state index in [-0.39, 0.29) is 5.41 Å². The lowest BCUT2D eigenvalue weighted by molar-refractivity contribution is 0.312. The molecule has 0 saturated carbocycles. The molecule has 1 heterocycles. The molecule has 0 aliphatic heterocycles. The monoisotopic (exact) mass is 273 g/mol. The van der Waals surface area contributed by atoms with Gasteiger partial charge in [-0.1, -0.05) is 32.9 Å². The van der Waals surface area contributed by atoms with Gasteiger partial charge in [0.1, 0.15) is 12.4 Å². The van der Waals surface area contributed by atoms with E-state index in [1.165, 1.54) is 5.56 Å². The maximum Gasteiger partial charge on any atom is 0.119 e. The molecule has 0 unspecified atom stereocenters. The van der Waals surface area contributed by atoms with Crippen LogP contribution in [0.25, 0.3) is 0 Å². The Labute approximate surface area is 121 Å². The molecular weight excluding hydrogens is 250 g/mol. The average Bonchev–Trinajstić information content (AvgIpc) is 2.91.